The monoisotopic (exact) mass is 684 g/mol. The Morgan fingerprint density at radius 1 is 0.979 bits per heavy atom. The molecule has 1 fully saturated rings. The molecule has 1 aromatic heterocycles. The predicted molar refractivity (Wildman–Crippen MR) is 171 cm³/mol. The van der Waals surface area contributed by atoms with Gasteiger partial charge in [0.1, 0.15) is 17.0 Å². The van der Waals surface area contributed by atoms with Crippen LogP contribution in [0.5, 0.6) is 5.75 Å². The lowest BCUT2D eigenvalue weighted by atomic mass is 10.1. The average molecular weight is 685 g/mol. The summed E-state index contributed by atoms with van der Waals surface area (Å²) in [6, 6.07) is 18.5. The Hall–Kier alpha value is -4.85. The first-order valence-corrected chi connectivity index (χ1v) is 16.5. The van der Waals surface area contributed by atoms with E-state index in [9.17, 15) is 31.2 Å². The third-order valence-corrected chi connectivity index (χ3v) is 8.64. The van der Waals surface area contributed by atoms with Crippen molar-refractivity contribution in [3.05, 3.63) is 90.0 Å². The summed E-state index contributed by atoms with van der Waals surface area (Å²) in [5.41, 5.74) is 0.772. The number of aryl methyl sites for hydroxylation is 1. The van der Waals surface area contributed by atoms with Crippen molar-refractivity contribution in [1.29, 1.82) is 0 Å². The molecule has 1 N–H and O–H groups in total. The molecule has 2 heterocycles. The van der Waals surface area contributed by atoms with Crippen LogP contribution >= 0.6 is 0 Å². The summed E-state index contributed by atoms with van der Waals surface area (Å²) >= 11 is 0. The van der Waals surface area contributed by atoms with E-state index in [0.717, 1.165) is 29.3 Å². The Morgan fingerprint density at radius 3 is 2.40 bits per heavy atom. The zero-order valence-corrected chi connectivity index (χ0v) is 27.6. The molecule has 0 radical (unpaired) electrons. The highest BCUT2D eigenvalue weighted by Gasteiger charge is 2.33. The van der Waals surface area contributed by atoms with Crippen molar-refractivity contribution >= 4 is 22.1 Å². The molecule has 0 saturated carbocycles. The number of benzene rings is 3. The second-order valence-electron chi connectivity index (χ2n) is 12.5. The number of nitrogens with one attached hydrogen (secondary N) is 1. The van der Waals surface area contributed by atoms with Crippen LogP contribution in [0.15, 0.2) is 83.8 Å². The van der Waals surface area contributed by atoms with Gasteiger partial charge in [-0.2, -0.15) is 26.7 Å². The van der Waals surface area contributed by atoms with Gasteiger partial charge in [0.25, 0.3) is 0 Å². The Labute approximate surface area is 276 Å². The number of alkyl halides is 3. The third-order valence-electron chi connectivity index (χ3n) is 7.41. The third kappa shape index (κ3) is 8.35. The van der Waals surface area contributed by atoms with Crippen LogP contribution in [0.3, 0.4) is 0 Å². The van der Waals surface area contributed by atoms with E-state index in [4.69, 9.17) is 8.92 Å². The van der Waals surface area contributed by atoms with E-state index < -0.39 is 38.4 Å². The number of nitrogens with zero attached hydrogens (tertiary/aromatic N) is 3. The second kappa shape index (κ2) is 13.3. The quantitative estimate of drug-likeness (QED) is 0.212. The van der Waals surface area contributed by atoms with Crippen molar-refractivity contribution in [3.8, 4) is 28.3 Å². The molecule has 0 bridgehead atoms. The van der Waals surface area contributed by atoms with Crippen molar-refractivity contribution in [1.82, 2.24) is 20.0 Å². The van der Waals surface area contributed by atoms with Gasteiger partial charge in [0.05, 0.1) is 17.0 Å². The highest BCUT2D eigenvalue weighted by Crippen LogP contribution is 2.36. The van der Waals surface area contributed by atoms with E-state index in [2.05, 4.69) is 10.4 Å². The van der Waals surface area contributed by atoms with Crippen LogP contribution in [0.2, 0.25) is 0 Å². The Balaban J connectivity index is 1.42. The minimum absolute atomic E-state index is 0.153. The van der Waals surface area contributed by atoms with Crippen molar-refractivity contribution < 1.29 is 40.1 Å². The molecule has 5 rings (SSSR count). The number of hydrogen-bond donors (Lipinski definition) is 1. The van der Waals surface area contributed by atoms with Crippen molar-refractivity contribution in [2.24, 2.45) is 0 Å². The first kappa shape index (κ1) is 34.5. The molecule has 1 saturated heterocycles. The summed E-state index contributed by atoms with van der Waals surface area (Å²) in [6.07, 6.45) is -4.65. The number of likely N-dealkylation sites (tertiary alicyclic amines) is 1. The smallest absolute Gasteiger partial charge is 0.416 e. The maximum Gasteiger partial charge on any atom is 0.416 e. The Kier molecular flexibility index (Phi) is 9.58. The first-order valence-electron chi connectivity index (χ1n) is 15.1. The zero-order valence-electron chi connectivity index (χ0n) is 26.7. The number of hydrogen-bond acceptors (Lipinski definition) is 7. The lowest BCUT2D eigenvalue weighted by Gasteiger charge is -2.24. The topological polar surface area (TPSA) is 120 Å². The Morgan fingerprint density at radius 2 is 1.71 bits per heavy atom. The molecule has 0 unspecified atom stereocenters. The van der Waals surface area contributed by atoms with Gasteiger partial charge in [0, 0.05) is 24.7 Å². The molecule has 4 aromatic rings. The molecule has 0 aliphatic carbocycles. The number of aromatic nitrogens is 2. The minimum Gasteiger partial charge on any atom is -0.444 e. The lowest BCUT2D eigenvalue weighted by Crippen LogP contribution is -2.41. The molecule has 0 spiro atoms. The lowest BCUT2D eigenvalue weighted by molar-refractivity contribution is -0.137. The van der Waals surface area contributed by atoms with Crippen LogP contribution in [-0.2, 0) is 32.4 Å². The number of rotatable bonds is 8. The molecule has 10 nitrogen and oxygen atoms in total. The highest BCUT2D eigenvalue weighted by atomic mass is 32.2. The Bertz CT molecular complexity index is 1920. The number of carbonyl (C=O) groups excluding carboxylic acids is 2. The van der Waals surface area contributed by atoms with E-state index in [1.54, 1.807) is 50.8 Å². The summed E-state index contributed by atoms with van der Waals surface area (Å²) < 4.78 is 78.6. The van der Waals surface area contributed by atoms with Gasteiger partial charge in [-0.15, -0.1) is 0 Å². The fourth-order valence-electron chi connectivity index (χ4n) is 5.20. The number of ether oxygens (including phenoxy) is 1. The molecule has 14 heteroatoms. The molecule has 1 atom stereocenters. The summed E-state index contributed by atoms with van der Waals surface area (Å²) in [5, 5.41) is 7.61. The van der Waals surface area contributed by atoms with Gasteiger partial charge in [-0.3, -0.25) is 9.48 Å². The van der Waals surface area contributed by atoms with Gasteiger partial charge < -0.3 is 19.1 Å². The second-order valence-corrected chi connectivity index (χ2v) is 14.0. The SMILES string of the molecule is Cc1ccc(OS(=O)(=O)c2cccc(C(F)(F)F)c2)c(-c2cc(-c3ccccc3)n(CC(=O)N[C@@H]3CCN(C(=O)OC(C)(C)C)C3)n2)c1. The van der Waals surface area contributed by atoms with Crippen LogP contribution in [-0.4, -0.2) is 59.8 Å². The largest absolute Gasteiger partial charge is 0.444 e. The summed E-state index contributed by atoms with van der Waals surface area (Å²) in [7, 11) is -4.68. The highest BCUT2D eigenvalue weighted by molar-refractivity contribution is 7.87. The summed E-state index contributed by atoms with van der Waals surface area (Å²) in [4.78, 5) is 26.6. The zero-order chi connectivity index (χ0) is 34.9. The standard InChI is InChI=1S/C34H35F3N4O6S/c1-22-13-14-30(47-48(44,45)26-12-8-11-24(18-26)34(35,36)37)27(17-22)28-19-29(23-9-6-5-7-10-23)41(39-28)21-31(42)38-25-15-16-40(20-25)32(43)46-33(2,3)4/h5-14,17-19,25H,15-16,20-21H2,1-4H3,(H,38,42)/t25-/m1/s1. The van der Waals surface area contributed by atoms with E-state index in [-0.39, 0.29) is 35.5 Å². The van der Waals surface area contributed by atoms with Crippen LogP contribution in [0.4, 0.5) is 18.0 Å². The summed E-state index contributed by atoms with van der Waals surface area (Å²) in [5.74, 6) is -0.509. The van der Waals surface area contributed by atoms with Crippen molar-refractivity contribution in [2.45, 2.75) is 63.4 Å². The van der Waals surface area contributed by atoms with Crippen molar-refractivity contribution in [2.75, 3.05) is 13.1 Å². The average Bonchev–Trinajstić information content (AvgIpc) is 3.65. The van der Waals surface area contributed by atoms with E-state index in [1.807, 2.05) is 30.3 Å². The van der Waals surface area contributed by atoms with E-state index >= 15 is 0 Å². The molecule has 3 aromatic carbocycles. The number of carbonyl (C=O) groups is 2. The molecule has 254 valence electrons. The maximum absolute atomic E-state index is 13.3. The van der Waals surface area contributed by atoms with E-state index in [1.165, 1.54) is 10.7 Å². The van der Waals surface area contributed by atoms with Gasteiger partial charge in [-0.1, -0.05) is 48.0 Å². The molecule has 1 aliphatic rings. The normalized spacial score (nSPS) is 15.3. The van der Waals surface area contributed by atoms with Crippen LogP contribution < -0.4 is 9.50 Å². The van der Waals surface area contributed by atoms with E-state index in [0.29, 0.717) is 31.3 Å². The fourth-order valence-corrected chi connectivity index (χ4v) is 6.20. The minimum atomic E-state index is -4.75. The summed E-state index contributed by atoms with van der Waals surface area (Å²) in [6.45, 7) is 7.65. The van der Waals surface area contributed by atoms with Gasteiger partial charge in [0.15, 0.2) is 5.75 Å². The maximum atomic E-state index is 13.3. The molecule has 48 heavy (non-hydrogen) atoms. The number of halogens is 3. The predicted octanol–water partition coefficient (Wildman–Crippen LogP) is 6.44. The van der Waals surface area contributed by atoms with Crippen LogP contribution in [0.25, 0.3) is 22.5 Å². The van der Waals surface area contributed by atoms with Gasteiger partial charge >= 0.3 is 22.4 Å². The van der Waals surface area contributed by atoms with Crippen LogP contribution in [0.1, 0.15) is 38.3 Å². The molecular weight excluding hydrogens is 649 g/mol. The van der Waals surface area contributed by atoms with Gasteiger partial charge in [-0.25, -0.2) is 4.79 Å². The molecular formula is C34H35F3N4O6S. The molecule has 2 amide bonds. The van der Waals surface area contributed by atoms with Gasteiger partial charge in [0.2, 0.25) is 5.91 Å². The fraction of sp³-hybridized carbons (Fsp3) is 0.324. The number of amides is 2. The first-order chi connectivity index (χ1) is 22.5. The molecule has 1 aliphatic heterocycles. The van der Waals surface area contributed by atoms with Crippen LogP contribution in [0, 0.1) is 6.92 Å². The van der Waals surface area contributed by atoms with Gasteiger partial charge in [-0.05, 0) is 76.1 Å². The van der Waals surface area contributed by atoms with Crippen molar-refractivity contribution in [3.63, 3.8) is 0 Å².